The molecule has 236 valence electrons. The molecule has 0 fully saturated rings. The molecule has 0 radical (unpaired) electrons. The van der Waals surface area contributed by atoms with Crippen molar-refractivity contribution in [3.8, 4) is 21.8 Å². The maximum atomic E-state index is 13.2. The number of carbonyl (C=O) groups is 2. The van der Waals surface area contributed by atoms with Gasteiger partial charge in [-0.2, -0.15) is 13.2 Å². The molecule has 0 aliphatic heterocycles. The molecule has 0 bridgehead atoms. The Morgan fingerprint density at radius 3 is 1.87 bits per heavy atom. The number of nitrogens with zero attached hydrogens (tertiary/aromatic N) is 1. The van der Waals surface area contributed by atoms with Crippen molar-refractivity contribution in [2.45, 2.75) is 37.3 Å². The van der Waals surface area contributed by atoms with Crippen LogP contribution in [-0.4, -0.2) is 25.2 Å². The van der Waals surface area contributed by atoms with Gasteiger partial charge in [0, 0.05) is 27.6 Å². The van der Waals surface area contributed by atoms with Crippen LogP contribution >= 0.6 is 11.3 Å². The Hall–Kier alpha value is -4.81. The van der Waals surface area contributed by atoms with E-state index in [1.54, 1.807) is 60.0 Å². The van der Waals surface area contributed by atoms with E-state index in [9.17, 15) is 31.2 Å². The molecule has 7 nitrogen and oxygen atoms in total. The van der Waals surface area contributed by atoms with Crippen LogP contribution in [0.4, 0.5) is 18.9 Å². The monoisotopic (exact) mass is 663 g/mol. The highest BCUT2D eigenvalue weighted by atomic mass is 32.2. The first-order valence-electron chi connectivity index (χ1n) is 13.9. The van der Waals surface area contributed by atoms with Crippen molar-refractivity contribution in [1.82, 2.24) is 9.71 Å². The Labute approximate surface area is 268 Å². The van der Waals surface area contributed by atoms with E-state index in [0.29, 0.717) is 21.8 Å². The molecular weight excluding hydrogens is 636 g/mol. The van der Waals surface area contributed by atoms with E-state index in [4.69, 9.17) is 0 Å². The summed E-state index contributed by atoms with van der Waals surface area (Å²) in [7, 11) is -4.35. The van der Waals surface area contributed by atoms with Gasteiger partial charge in [0.05, 0.1) is 16.9 Å². The van der Waals surface area contributed by atoms with Crippen molar-refractivity contribution in [2.75, 3.05) is 5.32 Å². The largest absolute Gasteiger partial charge is 0.416 e. The minimum Gasteiger partial charge on any atom is -0.321 e. The number of rotatable bonds is 7. The van der Waals surface area contributed by atoms with Crippen molar-refractivity contribution in [1.29, 1.82) is 0 Å². The van der Waals surface area contributed by atoms with Gasteiger partial charge in [-0.1, -0.05) is 69.3 Å². The molecule has 2 N–H and O–H groups in total. The average Bonchev–Trinajstić information content (AvgIpc) is 3.51. The number of sulfonamides is 1. The summed E-state index contributed by atoms with van der Waals surface area (Å²) in [5.74, 6) is -1.39. The maximum absolute atomic E-state index is 13.2. The minimum atomic E-state index is -4.42. The Morgan fingerprint density at radius 2 is 1.26 bits per heavy atom. The molecular formula is C34H28F3N3O4S2. The van der Waals surface area contributed by atoms with Crippen molar-refractivity contribution < 1.29 is 31.2 Å². The Morgan fingerprint density at radius 1 is 0.717 bits per heavy atom. The highest BCUT2D eigenvalue weighted by Gasteiger charge is 2.30. The molecule has 1 aromatic heterocycles. The van der Waals surface area contributed by atoms with E-state index in [-0.39, 0.29) is 27.1 Å². The number of aromatic nitrogens is 1. The number of carbonyl (C=O) groups excluding carboxylic acids is 2. The Balaban J connectivity index is 1.28. The lowest BCUT2D eigenvalue weighted by atomic mass is 9.87. The van der Waals surface area contributed by atoms with Crippen LogP contribution in [0.2, 0.25) is 0 Å². The second-order valence-electron chi connectivity index (χ2n) is 11.4. The number of halogens is 3. The number of thiazole rings is 1. The van der Waals surface area contributed by atoms with E-state index in [0.717, 1.165) is 17.7 Å². The lowest BCUT2D eigenvalue weighted by molar-refractivity contribution is -0.137. The van der Waals surface area contributed by atoms with Gasteiger partial charge in [-0.25, -0.2) is 18.1 Å². The maximum Gasteiger partial charge on any atom is 0.416 e. The summed E-state index contributed by atoms with van der Waals surface area (Å²) in [5.41, 5.74) is 2.29. The summed E-state index contributed by atoms with van der Waals surface area (Å²) < 4.78 is 67.2. The van der Waals surface area contributed by atoms with Crippen LogP contribution in [0.3, 0.4) is 0 Å². The third-order valence-corrected chi connectivity index (χ3v) is 9.35. The predicted molar refractivity (Wildman–Crippen MR) is 172 cm³/mol. The van der Waals surface area contributed by atoms with Gasteiger partial charge < -0.3 is 5.32 Å². The molecule has 0 unspecified atom stereocenters. The molecule has 0 aliphatic rings. The van der Waals surface area contributed by atoms with Gasteiger partial charge in [0.1, 0.15) is 9.90 Å². The van der Waals surface area contributed by atoms with Crippen molar-refractivity contribution in [2.24, 2.45) is 0 Å². The normalized spacial score (nSPS) is 12.0. The van der Waals surface area contributed by atoms with Crippen LogP contribution in [0.1, 0.15) is 52.6 Å². The molecule has 4 aromatic carbocycles. The van der Waals surface area contributed by atoms with Crippen molar-refractivity contribution in [3.63, 3.8) is 0 Å². The highest BCUT2D eigenvalue weighted by Crippen LogP contribution is 2.33. The number of para-hydroxylation sites is 1. The van der Waals surface area contributed by atoms with E-state index in [1.165, 1.54) is 41.7 Å². The molecule has 0 atom stereocenters. The molecule has 0 saturated heterocycles. The summed E-state index contributed by atoms with van der Waals surface area (Å²) in [6.45, 7) is 6.08. The SMILES string of the molecule is CC(C)(C)c1ccc(C(=O)NS(=O)(=O)c2ccccc2NC(=O)c2ccc(-c3csc(-c4ccc(C(F)(F)F)cc4)n3)cc2)cc1. The van der Waals surface area contributed by atoms with Gasteiger partial charge in [-0.05, 0) is 59.5 Å². The fraction of sp³-hybridized carbons (Fsp3) is 0.147. The number of hydrogen-bond acceptors (Lipinski definition) is 6. The summed E-state index contributed by atoms with van der Waals surface area (Å²) in [6.07, 6.45) is -4.42. The summed E-state index contributed by atoms with van der Waals surface area (Å²) >= 11 is 1.27. The van der Waals surface area contributed by atoms with Gasteiger partial charge in [-0.15, -0.1) is 11.3 Å². The van der Waals surface area contributed by atoms with E-state index in [2.05, 4.69) is 15.0 Å². The van der Waals surface area contributed by atoms with Gasteiger partial charge >= 0.3 is 6.18 Å². The van der Waals surface area contributed by atoms with Crippen molar-refractivity contribution >= 4 is 38.9 Å². The van der Waals surface area contributed by atoms with Crippen LogP contribution in [-0.2, 0) is 21.6 Å². The number of hydrogen-bond donors (Lipinski definition) is 2. The molecule has 5 aromatic rings. The third-order valence-electron chi connectivity index (χ3n) is 7.07. The number of benzene rings is 4. The Kier molecular flexibility index (Phi) is 8.87. The smallest absolute Gasteiger partial charge is 0.321 e. The first-order chi connectivity index (χ1) is 21.6. The summed E-state index contributed by atoms with van der Waals surface area (Å²) in [5, 5.41) is 4.91. The zero-order valence-corrected chi connectivity index (χ0v) is 26.5. The molecule has 12 heteroatoms. The van der Waals surface area contributed by atoms with Crippen molar-refractivity contribution in [3.05, 3.63) is 125 Å². The van der Waals surface area contributed by atoms with Gasteiger partial charge in [0.2, 0.25) is 0 Å². The molecule has 0 saturated carbocycles. The van der Waals surface area contributed by atoms with E-state index < -0.39 is 33.6 Å². The molecule has 0 aliphatic carbocycles. The zero-order valence-electron chi connectivity index (χ0n) is 24.8. The van der Waals surface area contributed by atoms with Crippen LogP contribution < -0.4 is 10.0 Å². The second kappa shape index (κ2) is 12.5. The first kappa shape index (κ1) is 32.6. The molecule has 46 heavy (non-hydrogen) atoms. The molecule has 2 amide bonds. The predicted octanol–water partition coefficient (Wildman–Crippen LogP) is 8.16. The second-order valence-corrected chi connectivity index (χ2v) is 13.9. The van der Waals surface area contributed by atoms with Gasteiger partial charge in [0.25, 0.3) is 21.8 Å². The lowest BCUT2D eigenvalue weighted by Crippen LogP contribution is -2.31. The minimum absolute atomic E-state index is 0.0133. The Bertz CT molecular complexity index is 2000. The highest BCUT2D eigenvalue weighted by molar-refractivity contribution is 7.90. The number of nitrogens with one attached hydrogen (secondary N) is 2. The van der Waals surface area contributed by atoms with E-state index >= 15 is 0 Å². The molecule has 5 rings (SSSR count). The zero-order chi connectivity index (χ0) is 33.3. The number of anilines is 1. The fourth-order valence-electron chi connectivity index (χ4n) is 4.49. The number of amides is 2. The summed E-state index contributed by atoms with van der Waals surface area (Å²) in [6, 6.07) is 23.6. The standard InChI is InChI=1S/C34H28F3N3O4S2/c1-33(2,3)25-16-12-23(13-17-25)31(42)40-46(43,44)29-7-5-4-6-27(29)38-30(41)22-10-8-21(9-11-22)28-20-45-32(39-28)24-14-18-26(19-15-24)34(35,36)37/h4-20H,1-3H3,(H,38,41)(H,40,42). The fourth-order valence-corrected chi connectivity index (χ4v) is 6.46. The van der Waals surface area contributed by atoms with Gasteiger partial charge in [-0.3, -0.25) is 9.59 Å². The molecule has 0 spiro atoms. The van der Waals surface area contributed by atoms with E-state index in [1.807, 2.05) is 20.8 Å². The first-order valence-corrected chi connectivity index (χ1v) is 16.3. The number of alkyl halides is 3. The van der Waals surface area contributed by atoms with Gasteiger partial charge in [0.15, 0.2) is 0 Å². The van der Waals surface area contributed by atoms with Crippen LogP contribution in [0.25, 0.3) is 21.8 Å². The topological polar surface area (TPSA) is 105 Å². The third kappa shape index (κ3) is 7.35. The lowest BCUT2D eigenvalue weighted by Gasteiger charge is -2.19. The summed E-state index contributed by atoms with van der Waals surface area (Å²) in [4.78, 5) is 30.1. The van der Waals surface area contributed by atoms with Crippen LogP contribution in [0.5, 0.6) is 0 Å². The molecule has 1 heterocycles. The van der Waals surface area contributed by atoms with Crippen LogP contribution in [0, 0.1) is 0 Å². The quantitative estimate of drug-likeness (QED) is 0.183. The average molecular weight is 664 g/mol. The van der Waals surface area contributed by atoms with Crippen LogP contribution in [0.15, 0.2) is 107 Å².